The first-order valence-electron chi connectivity index (χ1n) is 13.2. The molecule has 0 spiro atoms. The summed E-state index contributed by atoms with van der Waals surface area (Å²) in [5.74, 6) is 0.397. The van der Waals surface area contributed by atoms with Crippen molar-refractivity contribution in [2.24, 2.45) is 0 Å². The molecule has 3 aromatic rings. The normalized spacial score (nSPS) is 14.2. The molecule has 0 unspecified atom stereocenters. The van der Waals surface area contributed by atoms with E-state index in [0.717, 1.165) is 42.4 Å². The van der Waals surface area contributed by atoms with E-state index in [9.17, 15) is 13.2 Å². The zero-order chi connectivity index (χ0) is 27.1. The molecule has 1 fully saturated rings. The molecule has 0 amide bonds. The molecule has 9 heteroatoms. The molecule has 1 aliphatic heterocycles. The molecule has 0 aromatic heterocycles. The number of thioether (sulfide) groups is 1. The van der Waals surface area contributed by atoms with Gasteiger partial charge in [-0.25, -0.2) is 8.42 Å². The highest BCUT2D eigenvalue weighted by atomic mass is 32.2. The van der Waals surface area contributed by atoms with Crippen molar-refractivity contribution in [2.45, 2.75) is 49.3 Å². The lowest BCUT2D eigenvalue weighted by molar-refractivity contribution is -0.139. The summed E-state index contributed by atoms with van der Waals surface area (Å²) < 4.78 is 40.0. The predicted octanol–water partition coefficient (Wildman–Crippen LogP) is 6.10. The number of carbonyl (C=O) groups is 1. The Morgan fingerprint density at radius 2 is 1.61 bits per heavy atom. The highest BCUT2D eigenvalue weighted by Gasteiger charge is 2.26. The van der Waals surface area contributed by atoms with Crippen LogP contribution >= 0.6 is 11.8 Å². The Hall–Kier alpha value is -2.91. The highest BCUT2D eigenvalue weighted by molar-refractivity contribution is 8.00. The number of ether oxygens (including phenoxy) is 2. The van der Waals surface area contributed by atoms with Crippen molar-refractivity contribution < 1.29 is 22.7 Å². The standard InChI is InChI=1S/C29H36N2O5S2/c1-4-35-28(32)21-37-27-20-26(24-12-8-9-13-25(24)29(27)36-5-2)30(3)38(33,34)23-16-14-22(15-17-23)31-18-10-6-7-11-19-31/h8-9,12-17,20H,4-7,10-11,18-19,21H2,1-3H3. The van der Waals surface area contributed by atoms with Gasteiger partial charge in [0, 0.05) is 36.6 Å². The van der Waals surface area contributed by atoms with Crippen molar-refractivity contribution in [3.63, 3.8) is 0 Å². The summed E-state index contributed by atoms with van der Waals surface area (Å²) in [6.07, 6.45) is 4.79. The number of anilines is 2. The third-order valence-corrected chi connectivity index (χ3v) is 9.46. The summed E-state index contributed by atoms with van der Waals surface area (Å²) in [7, 11) is -2.28. The number of rotatable bonds is 10. The maximum Gasteiger partial charge on any atom is 0.316 e. The molecular weight excluding hydrogens is 520 g/mol. The Bertz CT molecular complexity index is 1350. The molecule has 0 radical (unpaired) electrons. The molecule has 0 N–H and O–H groups in total. The van der Waals surface area contributed by atoms with Gasteiger partial charge in [-0.15, -0.1) is 11.8 Å². The molecule has 0 bridgehead atoms. The Kier molecular flexibility index (Phi) is 9.44. The van der Waals surface area contributed by atoms with Crippen molar-refractivity contribution in [3.8, 4) is 5.75 Å². The smallest absolute Gasteiger partial charge is 0.316 e. The van der Waals surface area contributed by atoms with Gasteiger partial charge >= 0.3 is 5.97 Å². The van der Waals surface area contributed by atoms with E-state index < -0.39 is 10.0 Å². The second kappa shape index (κ2) is 12.8. The zero-order valence-electron chi connectivity index (χ0n) is 22.3. The average Bonchev–Trinajstić information content (AvgIpc) is 3.22. The van der Waals surface area contributed by atoms with Gasteiger partial charge in [0.05, 0.1) is 34.4 Å². The minimum absolute atomic E-state index is 0.0973. The Labute approximate surface area is 230 Å². The predicted molar refractivity (Wildman–Crippen MR) is 155 cm³/mol. The fourth-order valence-corrected chi connectivity index (χ4v) is 6.81. The lowest BCUT2D eigenvalue weighted by atomic mass is 10.1. The number of hydrogen-bond donors (Lipinski definition) is 0. The Morgan fingerprint density at radius 3 is 2.24 bits per heavy atom. The van der Waals surface area contributed by atoms with E-state index >= 15 is 0 Å². The fourth-order valence-electron chi connectivity index (χ4n) is 4.75. The molecule has 7 nitrogen and oxygen atoms in total. The van der Waals surface area contributed by atoms with E-state index in [1.807, 2.05) is 43.3 Å². The average molecular weight is 557 g/mol. The number of esters is 1. The number of fused-ring (bicyclic) bond motifs is 1. The van der Waals surface area contributed by atoms with E-state index in [-0.39, 0.29) is 16.6 Å². The quantitative estimate of drug-likeness (QED) is 0.221. The van der Waals surface area contributed by atoms with E-state index in [1.54, 1.807) is 32.2 Å². The van der Waals surface area contributed by atoms with Crippen LogP contribution in [0, 0.1) is 0 Å². The van der Waals surface area contributed by atoms with Crippen molar-refractivity contribution >= 4 is 49.9 Å². The second-order valence-corrected chi connectivity index (χ2v) is 12.1. The Morgan fingerprint density at radius 1 is 0.947 bits per heavy atom. The zero-order valence-corrected chi connectivity index (χ0v) is 23.9. The molecule has 38 heavy (non-hydrogen) atoms. The summed E-state index contributed by atoms with van der Waals surface area (Å²) in [6.45, 7) is 6.40. The van der Waals surface area contributed by atoms with Gasteiger partial charge in [-0.1, -0.05) is 37.1 Å². The fraction of sp³-hybridized carbons (Fsp3) is 0.414. The molecule has 4 rings (SSSR count). The highest BCUT2D eigenvalue weighted by Crippen LogP contribution is 2.43. The number of carbonyl (C=O) groups excluding carboxylic acids is 1. The number of hydrogen-bond acceptors (Lipinski definition) is 7. The molecule has 0 atom stereocenters. The van der Waals surface area contributed by atoms with E-state index in [0.29, 0.717) is 29.5 Å². The van der Waals surface area contributed by atoms with Crippen molar-refractivity contribution in [1.82, 2.24) is 0 Å². The van der Waals surface area contributed by atoms with E-state index in [2.05, 4.69) is 4.90 Å². The van der Waals surface area contributed by atoms with Gasteiger partial charge in [-0.3, -0.25) is 9.10 Å². The van der Waals surface area contributed by atoms with Crippen LogP contribution in [-0.2, 0) is 19.6 Å². The molecule has 3 aromatic carbocycles. The lowest BCUT2D eigenvalue weighted by Crippen LogP contribution is -2.27. The minimum Gasteiger partial charge on any atom is -0.492 e. The van der Waals surface area contributed by atoms with Gasteiger partial charge in [-0.05, 0) is 57.0 Å². The van der Waals surface area contributed by atoms with E-state index in [4.69, 9.17) is 9.47 Å². The second-order valence-electron chi connectivity index (χ2n) is 9.16. The molecule has 1 heterocycles. The molecule has 0 saturated carbocycles. The van der Waals surface area contributed by atoms with Crippen LogP contribution in [0.3, 0.4) is 0 Å². The van der Waals surface area contributed by atoms with Crippen LogP contribution in [0.2, 0.25) is 0 Å². The van der Waals surface area contributed by atoms with Gasteiger partial charge in [0.2, 0.25) is 0 Å². The first-order valence-corrected chi connectivity index (χ1v) is 15.6. The summed E-state index contributed by atoms with van der Waals surface area (Å²) in [4.78, 5) is 15.3. The third kappa shape index (κ3) is 6.21. The lowest BCUT2D eigenvalue weighted by Gasteiger charge is -2.25. The monoisotopic (exact) mass is 556 g/mol. The van der Waals surface area contributed by atoms with Crippen molar-refractivity contribution in [3.05, 3.63) is 54.6 Å². The first-order chi connectivity index (χ1) is 18.4. The van der Waals surface area contributed by atoms with Crippen LogP contribution in [0.5, 0.6) is 5.75 Å². The van der Waals surface area contributed by atoms with Crippen molar-refractivity contribution in [1.29, 1.82) is 0 Å². The van der Waals surface area contributed by atoms with E-state index in [1.165, 1.54) is 28.9 Å². The van der Waals surface area contributed by atoms with Gasteiger partial charge in [-0.2, -0.15) is 0 Å². The van der Waals surface area contributed by atoms with Crippen LogP contribution in [0.1, 0.15) is 39.5 Å². The van der Waals surface area contributed by atoms with Gasteiger partial charge < -0.3 is 14.4 Å². The maximum absolute atomic E-state index is 13.8. The van der Waals surface area contributed by atoms with Gasteiger partial charge in [0.1, 0.15) is 5.75 Å². The SMILES string of the molecule is CCOC(=O)CSc1cc(N(C)S(=O)(=O)c2ccc(N3CCCCCC3)cc2)c2ccccc2c1OCC. The number of benzene rings is 3. The van der Waals surface area contributed by atoms with Crippen LogP contribution < -0.4 is 13.9 Å². The summed E-state index contributed by atoms with van der Waals surface area (Å²) in [5, 5.41) is 1.54. The molecule has 1 saturated heterocycles. The minimum atomic E-state index is -3.85. The van der Waals surface area contributed by atoms with Gasteiger partial charge in [0.25, 0.3) is 10.0 Å². The molecule has 204 valence electrons. The Balaban J connectivity index is 1.70. The summed E-state index contributed by atoms with van der Waals surface area (Å²) in [5.41, 5.74) is 1.57. The van der Waals surface area contributed by atoms with Crippen LogP contribution in [0.25, 0.3) is 10.8 Å². The maximum atomic E-state index is 13.8. The van der Waals surface area contributed by atoms with Crippen LogP contribution in [0.15, 0.2) is 64.4 Å². The topological polar surface area (TPSA) is 76.2 Å². The van der Waals surface area contributed by atoms with Gasteiger partial charge in [0.15, 0.2) is 0 Å². The van der Waals surface area contributed by atoms with Crippen LogP contribution in [-0.4, -0.2) is 53.5 Å². The largest absolute Gasteiger partial charge is 0.492 e. The summed E-state index contributed by atoms with van der Waals surface area (Å²) >= 11 is 1.28. The molecule has 1 aliphatic rings. The summed E-state index contributed by atoms with van der Waals surface area (Å²) in [6, 6.07) is 16.6. The van der Waals surface area contributed by atoms with Crippen molar-refractivity contribution in [2.75, 3.05) is 48.3 Å². The number of nitrogens with zero attached hydrogens (tertiary/aromatic N) is 2. The van der Waals surface area contributed by atoms with Crippen LogP contribution in [0.4, 0.5) is 11.4 Å². The molecule has 0 aliphatic carbocycles. The number of sulfonamides is 1. The third-order valence-electron chi connectivity index (χ3n) is 6.68. The molecular formula is C29H36N2O5S2. The first kappa shape index (κ1) is 28.1.